The van der Waals surface area contributed by atoms with Crippen molar-refractivity contribution in [3.05, 3.63) is 91.3 Å². The van der Waals surface area contributed by atoms with Gasteiger partial charge < -0.3 is 9.88 Å². The fraction of sp³-hybridized carbons (Fsp3) is 0.190. The minimum atomic E-state index is -0.664. The predicted octanol–water partition coefficient (Wildman–Crippen LogP) is 2.87. The summed E-state index contributed by atoms with van der Waals surface area (Å²) in [6, 6.07) is 9.98. The van der Waals surface area contributed by atoms with E-state index < -0.39 is 22.9 Å². The molecule has 0 aliphatic heterocycles. The maximum absolute atomic E-state index is 13.2. The molecule has 1 N–H and O–H groups in total. The summed E-state index contributed by atoms with van der Waals surface area (Å²) in [5.41, 5.74) is 1.54. The Labute approximate surface area is 176 Å². The Bertz CT molecular complexity index is 1270. The second kappa shape index (κ2) is 8.62. The quantitative estimate of drug-likeness (QED) is 0.482. The first kappa shape index (κ1) is 21.4. The number of nitrogens with zero attached hydrogens (tertiary/aromatic N) is 4. The molecule has 0 saturated carbocycles. The Balaban J connectivity index is 1.92. The molecule has 0 saturated heterocycles. The molecule has 0 fully saturated rings. The van der Waals surface area contributed by atoms with Gasteiger partial charge in [-0.05, 0) is 37.1 Å². The summed E-state index contributed by atoms with van der Waals surface area (Å²) in [5.74, 6) is -0.764. The monoisotopic (exact) mass is 423 g/mol. The number of anilines is 1. The van der Waals surface area contributed by atoms with E-state index in [9.17, 15) is 29.4 Å². The summed E-state index contributed by atoms with van der Waals surface area (Å²) in [6.07, 6.45) is 0.987. The lowest BCUT2D eigenvalue weighted by Crippen LogP contribution is -2.28. The third-order valence-corrected chi connectivity index (χ3v) is 4.95. The highest BCUT2D eigenvalue weighted by Crippen LogP contribution is 2.27. The molecule has 31 heavy (non-hydrogen) atoms. The van der Waals surface area contributed by atoms with E-state index in [-0.39, 0.29) is 29.4 Å². The Hall–Kier alpha value is -4.26. The fourth-order valence-corrected chi connectivity index (χ4v) is 3.18. The number of hydrogen-bond donors (Lipinski definition) is 1. The Morgan fingerprint density at radius 3 is 2.52 bits per heavy atom. The highest BCUT2D eigenvalue weighted by molar-refractivity contribution is 5.91. The Morgan fingerprint density at radius 1 is 1.23 bits per heavy atom. The number of carbonyl (C=O) groups is 1. The van der Waals surface area contributed by atoms with E-state index in [1.165, 1.54) is 12.1 Å². The normalized spacial score (nSPS) is 10.5. The van der Waals surface area contributed by atoms with Gasteiger partial charge in [0.25, 0.3) is 11.2 Å². The van der Waals surface area contributed by atoms with E-state index >= 15 is 0 Å². The molecule has 0 aliphatic rings. The zero-order valence-electron chi connectivity index (χ0n) is 16.8. The minimum Gasteiger partial charge on any atom is -0.326 e. The number of amides is 1. The standard InChI is InChI=1S/C21H18FN5O4/c1-13-14(2)26(10-15-3-5-16(22)6-4-15)21(18(13)9-23)24-19(28)12-25-11-17(27(30)31)7-8-20(25)29/h3-8,11H,10,12H2,1-2H3,(H,24,28). The van der Waals surface area contributed by atoms with Gasteiger partial charge in [-0.3, -0.25) is 24.3 Å². The van der Waals surface area contributed by atoms with Crippen molar-refractivity contribution in [1.82, 2.24) is 9.13 Å². The smallest absolute Gasteiger partial charge is 0.285 e. The van der Waals surface area contributed by atoms with E-state index in [1.807, 2.05) is 0 Å². The average molecular weight is 423 g/mol. The molecular weight excluding hydrogens is 405 g/mol. The number of benzene rings is 1. The summed E-state index contributed by atoms with van der Waals surface area (Å²) in [4.78, 5) is 34.9. The zero-order valence-corrected chi connectivity index (χ0v) is 16.8. The Morgan fingerprint density at radius 2 is 1.90 bits per heavy atom. The number of carbonyl (C=O) groups excluding carboxylic acids is 1. The number of pyridine rings is 1. The first-order valence-electron chi connectivity index (χ1n) is 9.20. The molecule has 0 spiro atoms. The van der Waals surface area contributed by atoms with Crippen molar-refractivity contribution in [3.63, 3.8) is 0 Å². The van der Waals surface area contributed by atoms with Gasteiger partial charge in [-0.15, -0.1) is 0 Å². The number of nitriles is 1. The van der Waals surface area contributed by atoms with Crippen molar-refractivity contribution in [3.8, 4) is 6.07 Å². The lowest BCUT2D eigenvalue weighted by Gasteiger charge is -2.14. The van der Waals surface area contributed by atoms with Crippen molar-refractivity contribution in [2.45, 2.75) is 26.9 Å². The van der Waals surface area contributed by atoms with Gasteiger partial charge >= 0.3 is 0 Å². The summed E-state index contributed by atoms with van der Waals surface area (Å²) >= 11 is 0. The van der Waals surface area contributed by atoms with Crippen LogP contribution in [0.1, 0.15) is 22.4 Å². The van der Waals surface area contributed by atoms with Gasteiger partial charge in [-0.2, -0.15) is 5.26 Å². The third-order valence-electron chi connectivity index (χ3n) is 4.95. The van der Waals surface area contributed by atoms with E-state index in [2.05, 4.69) is 11.4 Å². The molecule has 10 heteroatoms. The average Bonchev–Trinajstić information content (AvgIpc) is 2.94. The fourth-order valence-electron chi connectivity index (χ4n) is 3.18. The summed E-state index contributed by atoms with van der Waals surface area (Å²) < 4.78 is 15.9. The SMILES string of the molecule is Cc1c(C#N)c(NC(=O)Cn2cc([N+](=O)[O-])ccc2=O)n(Cc2ccc(F)cc2)c1C. The second-order valence-corrected chi connectivity index (χ2v) is 6.92. The van der Waals surface area contributed by atoms with Crippen molar-refractivity contribution >= 4 is 17.4 Å². The first-order chi connectivity index (χ1) is 14.7. The van der Waals surface area contributed by atoms with Gasteiger partial charge in [0.1, 0.15) is 24.2 Å². The molecule has 2 aromatic heterocycles. The van der Waals surface area contributed by atoms with E-state index in [4.69, 9.17) is 0 Å². The molecule has 3 rings (SSSR count). The highest BCUT2D eigenvalue weighted by atomic mass is 19.1. The first-order valence-corrected chi connectivity index (χ1v) is 9.20. The van der Waals surface area contributed by atoms with Crippen LogP contribution in [0.2, 0.25) is 0 Å². The van der Waals surface area contributed by atoms with Crippen molar-refractivity contribution in [2.75, 3.05) is 5.32 Å². The lowest BCUT2D eigenvalue weighted by molar-refractivity contribution is -0.385. The van der Waals surface area contributed by atoms with Crippen LogP contribution in [0.3, 0.4) is 0 Å². The summed E-state index contributed by atoms with van der Waals surface area (Å²) in [5, 5.41) is 23.2. The Kier molecular flexibility index (Phi) is 5.97. The van der Waals surface area contributed by atoms with E-state index in [0.717, 1.165) is 34.2 Å². The van der Waals surface area contributed by atoms with Crippen LogP contribution < -0.4 is 10.9 Å². The molecule has 1 amide bonds. The van der Waals surface area contributed by atoms with Crippen LogP contribution in [0.5, 0.6) is 0 Å². The largest absolute Gasteiger partial charge is 0.326 e. The zero-order chi connectivity index (χ0) is 22.7. The molecule has 3 aromatic rings. The molecule has 0 atom stereocenters. The van der Waals surface area contributed by atoms with Crippen LogP contribution >= 0.6 is 0 Å². The molecule has 9 nitrogen and oxygen atoms in total. The van der Waals surface area contributed by atoms with Crippen LogP contribution in [-0.2, 0) is 17.9 Å². The number of halogens is 1. The van der Waals surface area contributed by atoms with Gasteiger partial charge in [-0.25, -0.2) is 4.39 Å². The summed E-state index contributed by atoms with van der Waals surface area (Å²) in [6.45, 7) is 3.35. The van der Waals surface area contributed by atoms with Crippen LogP contribution in [0.4, 0.5) is 15.9 Å². The van der Waals surface area contributed by atoms with Gasteiger partial charge in [0, 0.05) is 24.4 Å². The molecule has 0 unspecified atom stereocenters. The van der Waals surface area contributed by atoms with E-state index in [1.54, 1.807) is 30.5 Å². The van der Waals surface area contributed by atoms with E-state index in [0.29, 0.717) is 5.56 Å². The topological polar surface area (TPSA) is 123 Å². The van der Waals surface area contributed by atoms with Gasteiger partial charge in [0.15, 0.2) is 0 Å². The molecule has 0 radical (unpaired) electrons. The van der Waals surface area contributed by atoms with Crippen LogP contribution in [0, 0.1) is 41.1 Å². The highest BCUT2D eigenvalue weighted by Gasteiger charge is 2.20. The maximum atomic E-state index is 13.2. The van der Waals surface area contributed by atoms with Crippen LogP contribution in [0.25, 0.3) is 0 Å². The van der Waals surface area contributed by atoms with Crippen molar-refractivity contribution in [2.24, 2.45) is 0 Å². The minimum absolute atomic E-state index is 0.241. The molecular formula is C21H18FN5O4. The number of rotatable bonds is 6. The second-order valence-electron chi connectivity index (χ2n) is 6.92. The number of nitrogens with one attached hydrogen (secondary N) is 1. The van der Waals surface area contributed by atoms with Crippen molar-refractivity contribution < 1.29 is 14.1 Å². The molecule has 2 heterocycles. The number of nitro groups is 1. The van der Waals surface area contributed by atoms with Crippen LogP contribution in [0.15, 0.2) is 47.4 Å². The number of hydrogen-bond acceptors (Lipinski definition) is 5. The van der Waals surface area contributed by atoms with Gasteiger partial charge in [-0.1, -0.05) is 12.1 Å². The van der Waals surface area contributed by atoms with Crippen LogP contribution in [-0.4, -0.2) is 20.0 Å². The maximum Gasteiger partial charge on any atom is 0.285 e. The summed E-state index contributed by atoms with van der Waals surface area (Å²) in [7, 11) is 0. The van der Waals surface area contributed by atoms with Crippen molar-refractivity contribution in [1.29, 1.82) is 5.26 Å². The molecule has 158 valence electrons. The van der Waals surface area contributed by atoms with Gasteiger partial charge in [0.2, 0.25) is 5.91 Å². The lowest BCUT2D eigenvalue weighted by atomic mass is 10.2. The third kappa shape index (κ3) is 4.51. The molecule has 0 bridgehead atoms. The molecule has 1 aromatic carbocycles. The number of aromatic nitrogens is 2. The van der Waals surface area contributed by atoms with Gasteiger partial charge in [0.05, 0.1) is 16.7 Å². The predicted molar refractivity (Wildman–Crippen MR) is 110 cm³/mol. The molecule has 0 aliphatic carbocycles.